The molecule has 0 aliphatic carbocycles. The van der Waals surface area contributed by atoms with E-state index in [2.05, 4.69) is 0 Å². The third kappa shape index (κ3) is 2.46. The van der Waals surface area contributed by atoms with Gasteiger partial charge in [-0.05, 0) is 24.3 Å². The minimum Gasteiger partial charge on any atom is -0.507 e. The first-order valence-electron chi connectivity index (χ1n) is 7.63. The van der Waals surface area contributed by atoms with Gasteiger partial charge in [-0.15, -0.1) is 0 Å². The van der Waals surface area contributed by atoms with Gasteiger partial charge >= 0.3 is 0 Å². The lowest BCUT2D eigenvalue weighted by atomic mass is 10.1. The average molecular weight is 369 g/mol. The Kier molecular flexibility index (Phi) is 3.67. The molecule has 5 heteroatoms. The van der Waals surface area contributed by atoms with Crippen LogP contribution in [0.15, 0.2) is 82.6 Å². The Labute approximate surface area is 150 Å². The van der Waals surface area contributed by atoms with E-state index in [0.29, 0.717) is 26.6 Å². The van der Waals surface area contributed by atoms with Crippen LogP contribution in [0.3, 0.4) is 0 Å². The summed E-state index contributed by atoms with van der Waals surface area (Å²) in [6.07, 6.45) is 0. The van der Waals surface area contributed by atoms with Crippen LogP contribution in [-0.2, 0) is 9.84 Å². The van der Waals surface area contributed by atoms with Gasteiger partial charge in [-0.2, -0.15) is 0 Å². The lowest BCUT2D eigenvalue weighted by Gasteiger charge is -2.12. The van der Waals surface area contributed by atoms with E-state index in [9.17, 15) is 13.5 Å². The van der Waals surface area contributed by atoms with Crippen LogP contribution in [0, 0.1) is 0 Å². The number of phenols is 1. The number of hydrogen-bond donors (Lipinski definition) is 1. The molecule has 4 aromatic carbocycles. The summed E-state index contributed by atoms with van der Waals surface area (Å²) in [5, 5.41) is 12.8. The maximum absolute atomic E-state index is 13.4. The van der Waals surface area contributed by atoms with E-state index >= 15 is 0 Å². The number of halogens is 1. The second kappa shape index (κ2) is 5.76. The van der Waals surface area contributed by atoms with Gasteiger partial charge in [0.2, 0.25) is 9.84 Å². The number of fused-ring (bicyclic) bond motifs is 2. The fourth-order valence-corrected chi connectivity index (χ4v) is 4.97. The second-order valence-corrected chi connectivity index (χ2v) is 8.02. The van der Waals surface area contributed by atoms with Gasteiger partial charge in [-0.3, -0.25) is 0 Å². The summed E-state index contributed by atoms with van der Waals surface area (Å²) in [6.45, 7) is 0. The Balaban J connectivity index is 2.08. The van der Waals surface area contributed by atoms with Crippen molar-refractivity contribution in [1.29, 1.82) is 0 Å². The first-order chi connectivity index (χ1) is 12.0. The Morgan fingerprint density at radius 3 is 1.76 bits per heavy atom. The summed E-state index contributed by atoms with van der Waals surface area (Å²) in [5.74, 6) is 0.0514. The van der Waals surface area contributed by atoms with E-state index < -0.39 is 9.84 Å². The van der Waals surface area contributed by atoms with E-state index in [-0.39, 0.29) is 15.5 Å². The quantitative estimate of drug-likeness (QED) is 0.530. The van der Waals surface area contributed by atoms with Crippen molar-refractivity contribution in [2.24, 2.45) is 0 Å². The van der Waals surface area contributed by atoms with Crippen LogP contribution in [0.1, 0.15) is 0 Å². The Hall–Kier alpha value is -2.56. The number of hydrogen-bond acceptors (Lipinski definition) is 3. The molecule has 0 fully saturated rings. The Morgan fingerprint density at radius 1 is 0.640 bits per heavy atom. The number of phenolic OH excluding ortho intramolecular Hbond substituents is 1. The largest absolute Gasteiger partial charge is 0.507 e. The minimum absolute atomic E-state index is 0.0514. The number of aromatic hydroxyl groups is 1. The summed E-state index contributed by atoms with van der Waals surface area (Å²) in [7, 11) is -3.80. The fraction of sp³-hybridized carbons (Fsp3) is 0. The highest BCUT2D eigenvalue weighted by molar-refractivity contribution is 7.92. The zero-order chi connectivity index (χ0) is 17.6. The minimum atomic E-state index is -3.80. The third-order valence-corrected chi connectivity index (χ3v) is 6.47. The van der Waals surface area contributed by atoms with E-state index in [0.717, 1.165) is 0 Å². The van der Waals surface area contributed by atoms with E-state index in [1.165, 1.54) is 18.2 Å². The molecule has 4 aromatic rings. The van der Waals surface area contributed by atoms with Crippen LogP contribution in [0.5, 0.6) is 5.75 Å². The fourth-order valence-electron chi connectivity index (χ4n) is 3.08. The zero-order valence-corrected chi connectivity index (χ0v) is 14.6. The zero-order valence-electron chi connectivity index (χ0n) is 13.0. The second-order valence-electron chi connectivity index (χ2n) is 5.72. The summed E-state index contributed by atoms with van der Waals surface area (Å²) in [4.78, 5) is 0.358. The smallest absolute Gasteiger partial charge is 0.207 e. The normalized spacial score (nSPS) is 11.9. The topological polar surface area (TPSA) is 54.4 Å². The first-order valence-corrected chi connectivity index (χ1v) is 9.49. The predicted molar refractivity (Wildman–Crippen MR) is 100 cm³/mol. The van der Waals surface area contributed by atoms with Crippen molar-refractivity contribution in [3.63, 3.8) is 0 Å². The van der Waals surface area contributed by atoms with Crippen LogP contribution in [0.4, 0.5) is 0 Å². The van der Waals surface area contributed by atoms with Crippen LogP contribution in [0.2, 0.25) is 5.02 Å². The molecule has 0 aliphatic rings. The van der Waals surface area contributed by atoms with Crippen LogP contribution in [-0.4, -0.2) is 13.5 Å². The van der Waals surface area contributed by atoms with E-state index in [1.54, 1.807) is 48.5 Å². The third-order valence-electron chi connectivity index (χ3n) is 4.27. The van der Waals surface area contributed by atoms with Crippen LogP contribution in [0.25, 0.3) is 21.5 Å². The molecule has 124 valence electrons. The number of sulfone groups is 1. The molecule has 0 saturated heterocycles. The molecular formula is C20H13ClO3S. The van der Waals surface area contributed by atoms with Crippen molar-refractivity contribution in [3.05, 3.63) is 77.8 Å². The number of rotatable bonds is 2. The van der Waals surface area contributed by atoms with Gasteiger partial charge < -0.3 is 5.11 Å². The summed E-state index contributed by atoms with van der Waals surface area (Å²) >= 11 is 6.21. The Bertz CT molecular complexity index is 1140. The molecule has 0 bridgehead atoms. The van der Waals surface area contributed by atoms with Crippen LogP contribution < -0.4 is 0 Å². The van der Waals surface area contributed by atoms with Crippen molar-refractivity contribution in [2.75, 3.05) is 0 Å². The van der Waals surface area contributed by atoms with E-state index in [1.807, 2.05) is 6.07 Å². The molecule has 1 N–H and O–H groups in total. The standard InChI is InChI=1S/C20H13ClO3S/c21-17-9-11-19(15-7-3-1-5-13(15)17)25(23,24)20-12-10-18(22)14-6-2-4-8-16(14)20/h1-12,22H. The molecule has 4 rings (SSSR count). The molecule has 0 radical (unpaired) electrons. The van der Waals surface area contributed by atoms with Crippen molar-refractivity contribution < 1.29 is 13.5 Å². The molecule has 0 unspecified atom stereocenters. The summed E-state index contributed by atoms with van der Waals surface area (Å²) in [5.41, 5.74) is 0. The Morgan fingerprint density at radius 2 is 1.12 bits per heavy atom. The van der Waals surface area contributed by atoms with Gasteiger partial charge in [-0.1, -0.05) is 60.1 Å². The van der Waals surface area contributed by atoms with Gasteiger partial charge in [-0.25, -0.2) is 8.42 Å². The van der Waals surface area contributed by atoms with Crippen molar-refractivity contribution >= 4 is 43.0 Å². The van der Waals surface area contributed by atoms with Crippen molar-refractivity contribution in [1.82, 2.24) is 0 Å². The summed E-state index contributed by atoms with van der Waals surface area (Å²) in [6, 6.07) is 20.0. The highest BCUT2D eigenvalue weighted by Gasteiger charge is 2.23. The van der Waals surface area contributed by atoms with Gasteiger partial charge in [0.1, 0.15) is 5.75 Å². The van der Waals surface area contributed by atoms with Gasteiger partial charge in [0.15, 0.2) is 0 Å². The summed E-state index contributed by atoms with van der Waals surface area (Å²) < 4.78 is 26.7. The molecule has 0 heterocycles. The maximum atomic E-state index is 13.4. The molecule has 25 heavy (non-hydrogen) atoms. The SMILES string of the molecule is O=S(=O)(c1ccc(O)c2ccccc12)c1ccc(Cl)c2ccccc12. The molecule has 3 nitrogen and oxygen atoms in total. The molecule has 0 amide bonds. The highest BCUT2D eigenvalue weighted by atomic mass is 35.5. The van der Waals surface area contributed by atoms with Crippen LogP contribution >= 0.6 is 11.6 Å². The lowest BCUT2D eigenvalue weighted by Crippen LogP contribution is -2.04. The molecule has 0 spiro atoms. The van der Waals surface area contributed by atoms with Gasteiger partial charge in [0.25, 0.3) is 0 Å². The molecular weight excluding hydrogens is 356 g/mol. The van der Waals surface area contributed by atoms with Crippen molar-refractivity contribution in [2.45, 2.75) is 9.79 Å². The maximum Gasteiger partial charge on any atom is 0.207 e. The predicted octanol–water partition coefficient (Wildman–Crippen LogP) is 5.18. The monoisotopic (exact) mass is 368 g/mol. The molecule has 0 atom stereocenters. The van der Waals surface area contributed by atoms with Gasteiger partial charge in [0, 0.05) is 26.6 Å². The average Bonchev–Trinajstić information content (AvgIpc) is 2.62. The number of benzene rings is 4. The molecule has 0 aromatic heterocycles. The molecule has 0 saturated carbocycles. The van der Waals surface area contributed by atoms with E-state index in [4.69, 9.17) is 11.6 Å². The van der Waals surface area contributed by atoms with Crippen molar-refractivity contribution in [3.8, 4) is 5.75 Å². The molecule has 0 aliphatic heterocycles. The highest BCUT2D eigenvalue weighted by Crippen LogP contribution is 2.36. The lowest BCUT2D eigenvalue weighted by molar-refractivity contribution is 0.481. The first kappa shape index (κ1) is 15.9. The van der Waals surface area contributed by atoms with Gasteiger partial charge in [0.05, 0.1) is 9.79 Å².